The largest absolute Gasteiger partial charge is 0.461 e. The van der Waals surface area contributed by atoms with Gasteiger partial charge in [0.05, 0.1) is 6.61 Å². The highest BCUT2D eigenvalue weighted by atomic mass is 16.7. The Morgan fingerprint density at radius 1 is 1.21 bits per heavy atom. The quantitative estimate of drug-likeness (QED) is 0.666. The van der Waals surface area contributed by atoms with Gasteiger partial charge in [-0.05, 0) is 24.8 Å². The van der Waals surface area contributed by atoms with Crippen LogP contribution < -0.4 is 5.48 Å². The second-order valence-corrected chi connectivity index (χ2v) is 5.29. The Morgan fingerprint density at radius 3 is 2.84 bits per heavy atom. The zero-order valence-corrected chi connectivity index (χ0v) is 10.9. The molecular weight excluding hydrogens is 242 g/mol. The van der Waals surface area contributed by atoms with Gasteiger partial charge in [-0.2, -0.15) is 5.48 Å². The molecule has 4 heteroatoms. The lowest BCUT2D eigenvalue weighted by atomic mass is 9.84. The van der Waals surface area contributed by atoms with E-state index < -0.39 is 0 Å². The van der Waals surface area contributed by atoms with Crippen LogP contribution in [0.15, 0.2) is 30.3 Å². The molecule has 3 rings (SSSR count). The van der Waals surface area contributed by atoms with Gasteiger partial charge in [-0.25, -0.2) is 0 Å². The lowest BCUT2D eigenvalue weighted by molar-refractivity contribution is -0.146. The molecule has 1 saturated carbocycles. The van der Waals surface area contributed by atoms with Crippen molar-refractivity contribution in [3.63, 3.8) is 0 Å². The minimum atomic E-state index is -0.297. The van der Waals surface area contributed by atoms with Crippen molar-refractivity contribution in [1.29, 1.82) is 0 Å². The third-order valence-electron chi connectivity index (χ3n) is 4.00. The summed E-state index contributed by atoms with van der Waals surface area (Å²) in [5.74, 6) is 0.113. The Hall–Kier alpha value is -1.39. The highest BCUT2D eigenvalue weighted by Crippen LogP contribution is 2.35. The number of ether oxygens (including phenoxy) is 1. The number of esters is 1. The Balaban J connectivity index is 1.53. The van der Waals surface area contributed by atoms with Crippen molar-refractivity contribution in [2.24, 2.45) is 5.92 Å². The number of nitrogens with one attached hydrogen (secondary N) is 1. The predicted molar refractivity (Wildman–Crippen MR) is 70.0 cm³/mol. The summed E-state index contributed by atoms with van der Waals surface area (Å²) in [6.07, 6.45) is 4.47. The van der Waals surface area contributed by atoms with Gasteiger partial charge in [-0.1, -0.05) is 36.8 Å². The number of fused-ring (bicyclic) bond motifs is 1. The molecule has 1 saturated heterocycles. The van der Waals surface area contributed by atoms with Crippen LogP contribution >= 0.6 is 0 Å². The normalized spacial score (nSPS) is 29.9. The molecule has 1 N–H and O–H groups in total. The van der Waals surface area contributed by atoms with E-state index in [9.17, 15) is 4.79 Å². The summed E-state index contributed by atoms with van der Waals surface area (Å²) in [5, 5.41) is 0. The zero-order chi connectivity index (χ0) is 13.1. The fraction of sp³-hybridized carbons (Fsp3) is 0.533. The first-order chi connectivity index (χ1) is 9.34. The van der Waals surface area contributed by atoms with Gasteiger partial charge in [0.2, 0.25) is 0 Å². The van der Waals surface area contributed by atoms with Gasteiger partial charge in [0.1, 0.15) is 12.1 Å². The second-order valence-electron chi connectivity index (χ2n) is 5.29. The summed E-state index contributed by atoms with van der Waals surface area (Å²) >= 11 is 0. The average molecular weight is 261 g/mol. The van der Waals surface area contributed by atoms with Crippen molar-refractivity contribution in [1.82, 2.24) is 5.48 Å². The number of hydrogen-bond donors (Lipinski definition) is 1. The fourth-order valence-electron chi connectivity index (χ4n) is 2.97. The molecule has 1 aliphatic heterocycles. The van der Waals surface area contributed by atoms with Crippen LogP contribution in [0.25, 0.3) is 0 Å². The van der Waals surface area contributed by atoms with Crippen molar-refractivity contribution in [2.45, 2.75) is 44.4 Å². The minimum absolute atomic E-state index is 0.0964. The topological polar surface area (TPSA) is 47.6 Å². The summed E-state index contributed by atoms with van der Waals surface area (Å²) < 4.78 is 5.40. The van der Waals surface area contributed by atoms with Gasteiger partial charge < -0.3 is 4.74 Å². The molecule has 1 aliphatic carbocycles. The van der Waals surface area contributed by atoms with Gasteiger partial charge in [0.25, 0.3) is 0 Å². The van der Waals surface area contributed by atoms with Crippen molar-refractivity contribution in [3.05, 3.63) is 35.9 Å². The summed E-state index contributed by atoms with van der Waals surface area (Å²) in [6, 6.07) is 9.61. The molecule has 1 aromatic carbocycles. The first-order valence-corrected chi connectivity index (χ1v) is 6.96. The minimum Gasteiger partial charge on any atom is -0.461 e. The molecule has 102 valence electrons. The fourth-order valence-corrected chi connectivity index (χ4v) is 2.97. The molecule has 1 aromatic rings. The van der Waals surface area contributed by atoms with E-state index in [1.807, 2.05) is 30.3 Å². The van der Waals surface area contributed by atoms with Crippen LogP contribution in [0.1, 0.15) is 31.2 Å². The van der Waals surface area contributed by atoms with E-state index in [2.05, 4.69) is 5.48 Å². The van der Waals surface area contributed by atoms with Crippen molar-refractivity contribution in [3.8, 4) is 0 Å². The highest BCUT2D eigenvalue weighted by Gasteiger charge is 2.45. The van der Waals surface area contributed by atoms with Crippen molar-refractivity contribution < 1.29 is 14.4 Å². The van der Waals surface area contributed by atoms with E-state index in [1.165, 1.54) is 6.42 Å². The van der Waals surface area contributed by atoms with Gasteiger partial charge in [-0.3, -0.25) is 9.63 Å². The monoisotopic (exact) mass is 261 g/mol. The summed E-state index contributed by atoms with van der Waals surface area (Å²) in [7, 11) is 0. The molecule has 2 aliphatic rings. The SMILES string of the molecule is O=C1O[C@@H]2CCCC[C@@H]2[C@@H]1NOCc1ccccc1. The summed E-state index contributed by atoms with van der Waals surface area (Å²) in [5.41, 5.74) is 3.99. The van der Waals surface area contributed by atoms with E-state index in [0.29, 0.717) is 6.61 Å². The third kappa shape index (κ3) is 2.80. The van der Waals surface area contributed by atoms with Crippen LogP contribution in [0.5, 0.6) is 0 Å². The van der Waals surface area contributed by atoms with Crippen LogP contribution in [-0.4, -0.2) is 18.1 Å². The van der Waals surface area contributed by atoms with Crippen LogP contribution in [-0.2, 0) is 21.0 Å². The van der Waals surface area contributed by atoms with Crippen LogP contribution in [0.4, 0.5) is 0 Å². The molecule has 19 heavy (non-hydrogen) atoms. The lowest BCUT2D eigenvalue weighted by Gasteiger charge is -2.25. The Kier molecular flexibility index (Phi) is 3.80. The number of benzene rings is 1. The predicted octanol–water partition coefficient (Wildman–Crippen LogP) is 2.19. The van der Waals surface area contributed by atoms with Crippen LogP contribution in [0, 0.1) is 5.92 Å². The number of hydrogen-bond acceptors (Lipinski definition) is 4. The molecule has 1 heterocycles. The van der Waals surface area contributed by atoms with Crippen LogP contribution in [0.2, 0.25) is 0 Å². The highest BCUT2D eigenvalue weighted by molar-refractivity contribution is 5.78. The molecule has 0 aromatic heterocycles. The number of carbonyl (C=O) groups excluding carboxylic acids is 1. The molecule has 0 spiro atoms. The second kappa shape index (κ2) is 5.72. The van der Waals surface area contributed by atoms with Gasteiger partial charge >= 0.3 is 5.97 Å². The maximum atomic E-state index is 11.8. The zero-order valence-electron chi connectivity index (χ0n) is 10.9. The lowest BCUT2D eigenvalue weighted by Crippen LogP contribution is -2.40. The summed E-state index contributed by atoms with van der Waals surface area (Å²) in [4.78, 5) is 17.3. The molecular formula is C15H19NO3. The third-order valence-corrected chi connectivity index (χ3v) is 4.00. The van der Waals surface area contributed by atoms with E-state index in [0.717, 1.165) is 24.8 Å². The number of carbonyl (C=O) groups is 1. The van der Waals surface area contributed by atoms with E-state index in [4.69, 9.17) is 9.57 Å². The van der Waals surface area contributed by atoms with E-state index in [1.54, 1.807) is 0 Å². The number of rotatable bonds is 4. The Labute approximate surface area is 113 Å². The van der Waals surface area contributed by atoms with Gasteiger partial charge in [0, 0.05) is 5.92 Å². The van der Waals surface area contributed by atoms with Crippen molar-refractivity contribution >= 4 is 5.97 Å². The van der Waals surface area contributed by atoms with Gasteiger partial charge in [-0.15, -0.1) is 0 Å². The molecule has 3 atom stereocenters. The molecule has 4 nitrogen and oxygen atoms in total. The smallest absolute Gasteiger partial charge is 0.326 e. The maximum absolute atomic E-state index is 11.8. The van der Waals surface area contributed by atoms with E-state index in [-0.39, 0.29) is 24.0 Å². The van der Waals surface area contributed by atoms with Crippen molar-refractivity contribution in [2.75, 3.05) is 0 Å². The Morgan fingerprint density at radius 2 is 2.00 bits per heavy atom. The van der Waals surface area contributed by atoms with Gasteiger partial charge in [0.15, 0.2) is 0 Å². The standard InChI is InChI=1S/C15H19NO3/c17-15-14(12-8-4-5-9-13(12)19-15)16-18-10-11-6-2-1-3-7-11/h1-3,6-7,12-14,16H,4-5,8-10H2/t12-,13+,14-/m0/s1. The summed E-state index contributed by atoms with van der Waals surface area (Å²) in [6.45, 7) is 0.460. The van der Waals surface area contributed by atoms with E-state index >= 15 is 0 Å². The maximum Gasteiger partial charge on any atom is 0.326 e. The Bertz CT molecular complexity index is 434. The first kappa shape index (κ1) is 12.6. The number of hydroxylamine groups is 1. The molecule has 0 amide bonds. The van der Waals surface area contributed by atoms with Crippen LogP contribution in [0.3, 0.4) is 0 Å². The molecule has 0 radical (unpaired) electrons. The average Bonchev–Trinajstić information content (AvgIpc) is 2.76. The molecule has 0 bridgehead atoms. The first-order valence-electron chi connectivity index (χ1n) is 6.96. The molecule has 0 unspecified atom stereocenters. The molecule has 2 fully saturated rings.